The lowest BCUT2D eigenvalue weighted by atomic mass is 9.86. The van der Waals surface area contributed by atoms with E-state index < -0.39 is 5.82 Å². The summed E-state index contributed by atoms with van der Waals surface area (Å²) in [7, 11) is 1.65. The van der Waals surface area contributed by atoms with Crippen LogP contribution in [0.15, 0.2) is 41.3 Å². The number of nitrogens with zero attached hydrogens (tertiary/aromatic N) is 4. The Morgan fingerprint density at radius 3 is 2.92 bits per heavy atom. The Balaban J connectivity index is 1.37. The Hall–Kier alpha value is -2.74. The molecule has 0 saturated heterocycles. The minimum atomic E-state index is -0.436. The number of hydrogen-bond donors (Lipinski definition) is 1. The Bertz CT molecular complexity index is 1150. The summed E-state index contributed by atoms with van der Waals surface area (Å²) in [6.45, 7) is 0. The largest absolute Gasteiger partial charge is 0.359 e. The number of fused-ring (bicyclic) bond motifs is 2. The molecule has 0 bridgehead atoms. The molecule has 3 aromatic heterocycles. The molecule has 0 unspecified atom stereocenters. The molecule has 8 heteroatoms. The van der Waals surface area contributed by atoms with Gasteiger partial charge in [0.05, 0.1) is 21.9 Å². The normalized spacial score (nSPS) is 19.8. The highest BCUT2D eigenvalue weighted by atomic mass is 32.1. The highest BCUT2D eigenvalue weighted by Crippen LogP contribution is 2.36. The lowest BCUT2D eigenvalue weighted by Crippen LogP contribution is -2.40. The van der Waals surface area contributed by atoms with Crippen molar-refractivity contribution in [3.05, 3.63) is 52.8 Å². The van der Waals surface area contributed by atoms with Crippen molar-refractivity contribution in [2.75, 3.05) is 5.32 Å². The first kappa shape index (κ1) is 15.5. The minimum absolute atomic E-state index is 0.0658. The van der Waals surface area contributed by atoms with E-state index in [-0.39, 0.29) is 17.8 Å². The van der Waals surface area contributed by atoms with Gasteiger partial charge >= 0.3 is 5.69 Å². The van der Waals surface area contributed by atoms with E-state index in [1.165, 1.54) is 10.6 Å². The zero-order valence-corrected chi connectivity index (χ0v) is 14.8. The number of thiazole rings is 1. The summed E-state index contributed by atoms with van der Waals surface area (Å²) in [5.41, 5.74) is 1.91. The summed E-state index contributed by atoms with van der Waals surface area (Å²) in [5.74, 6) is -0.436. The van der Waals surface area contributed by atoms with Gasteiger partial charge in [0.15, 0.2) is 10.8 Å². The van der Waals surface area contributed by atoms with Gasteiger partial charge in [-0.1, -0.05) is 23.5 Å². The van der Waals surface area contributed by atoms with E-state index in [1.54, 1.807) is 23.0 Å². The predicted molar refractivity (Wildman–Crippen MR) is 100 cm³/mol. The molecule has 1 aromatic carbocycles. The van der Waals surface area contributed by atoms with E-state index in [9.17, 15) is 9.18 Å². The maximum absolute atomic E-state index is 13.4. The molecule has 4 aromatic rings. The minimum Gasteiger partial charge on any atom is -0.359 e. The van der Waals surface area contributed by atoms with Crippen molar-refractivity contribution in [2.45, 2.75) is 24.9 Å². The molecule has 1 fully saturated rings. The van der Waals surface area contributed by atoms with E-state index in [0.29, 0.717) is 11.2 Å². The number of anilines is 1. The van der Waals surface area contributed by atoms with Crippen molar-refractivity contribution >= 4 is 37.8 Å². The van der Waals surface area contributed by atoms with E-state index in [1.807, 2.05) is 18.2 Å². The van der Waals surface area contributed by atoms with Crippen LogP contribution in [-0.4, -0.2) is 25.1 Å². The monoisotopic (exact) mass is 369 g/mol. The second kappa shape index (κ2) is 5.63. The molecule has 26 heavy (non-hydrogen) atoms. The van der Waals surface area contributed by atoms with Crippen molar-refractivity contribution < 1.29 is 4.39 Å². The standard InChI is InChI=1S/C18H16FN5OS/c1-23-14-6-10(19)9-20-16(14)24(18(23)25)12-7-11(8-12)21-17-22-13-4-2-3-5-15(13)26-17/h2-6,9,11-12H,7-8H2,1H3,(H,21,22)/t11-,12-. The fourth-order valence-electron chi connectivity index (χ4n) is 3.56. The van der Waals surface area contributed by atoms with E-state index in [4.69, 9.17) is 0 Å². The van der Waals surface area contributed by atoms with Crippen molar-refractivity contribution in [1.29, 1.82) is 0 Å². The van der Waals surface area contributed by atoms with Crippen LogP contribution in [0.3, 0.4) is 0 Å². The molecule has 5 rings (SSSR count). The summed E-state index contributed by atoms with van der Waals surface area (Å²) in [6.07, 6.45) is 2.79. The first-order valence-corrected chi connectivity index (χ1v) is 9.26. The van der Waals surface area contributed by atoms with E-state index in [2.05, 4.69) is 21.4 Å². The number of halogens is 1. The van der Waals surface area contributed by atoms with E-state index >= 15 is 0 Å². The highest BCUT2D eigenvalue weighted by molar-refractivity contribution is 7.22. The lowest BCUT2D eigenvalue weighted by Gasteiger charge is -2.36. The Labute approximate surface area is 151 Å². The summed E-state index contributed by atoms with van der Waals surface area (Å²) < 4.78 is 17.7. The number of aromatic nitrogens is 4. The maximum atomic E-state index is 13.4. The van der Waals surface area contributed by atoms with Crippen LogP contribution >= 0.6 is 11.3 Å². The molecule has 6 nitrogen and oxygen atoms in total. The van der Waals surface area contributed by atoms with Gasteiger partial charge in [-0.3, -0.25) is 9.13 Å². The summed E-state index contributed by atoms with van der Waals surface area (Å²) >= 11 is 1.63. The summed E-state index contributed by atoms with van der Waals surface area (Å²) in [4.78, 5) is 21.3. The van der Waals surface area contributed by atoms with Crippen molar-refractivity contribution in [1.82, 2.24) is 19.1 Å². The number of benzene rings is 1. The number of hydrogen-bond acceptors (Lipinski definition) is 5. The van der Waals surface area contributed by atoms with Gasteiger partial charge in [0.1, 0.15) is 5.82 Å². The molecule has 0 spiro atoms. The molecule has 132 valence electrons. The zero-order chi connectivity index (χ0) is 17.8. The van der Waals surface area contributed by atoms with Crippen molar-refractivity contribution in [3.63, 3.8) is 0 Å². The Morgan fingerprint density at radius 1 is 1.31 bits per heavy atom. The smallest absolute Gasteiger partial charge is 0.330 e. The molecule has 1 aliphatic carbocycles. The number of pyridine rings is 1. The van der Waals surface area contributed by atoms with Crippen LogP contribution in [0.1, 0.15) is 18.9 Å². The molecule has 1 saturated carbocycles. The van der Waals surface area contributed by atoms with Crippen LogP contribution in [0.5, 0.6) is 0 Å². The molecule has 0 atom stereocenters. The van der Waals surface area contributed by atoms with Gasteiger partial charge in [-0.15, -0.1) is 0 Å². The third-order valence-electron chi connectivity index (χ3n) is 5.00. The van der Waals surface area contributed by atoms with Crippen LogP contribution in [-0.2, 0) is 7.05 Å². The molecular formula is C18H16FN5OS. The number of para-hydroxylation sites is 1. The Morgan fingerprint density at radius 2 is 2.12 bits per heavy atom. The summed E-state index contributed by atoms with van der Waals surface area (Å²) in [5, 5.41) is 4.36. The first-order chi connectivity index (χ1) is 12.6. The molecule has 0 amide bonds. The van der Waals surface area contributed by atoms with Gasteiger partial charge in [0.25, 0.3) is 0 Å². The summed E-state index contributed by atoms with van der Waals surface area (Å²) in [6, 6.07) is 9.73. The van der Waals surface area contributed by atoms with Gasteiger partial charge in [0.2, 0.25) is 0 Å². The third-order valence-corrected chi connectivity index (χ3v) is 5.96. The molecule has 1 aliphatic rings. The average Bonchev–Trinajstić information content (AvgIpc) is 3.11. The topological polar surface area (TPSA) is 64.7 Å². The van der Waals surface area contributed by atoms with Crippen LogP contribution in [0, 0.1) is 5.82 Å². The van der Waals surface area contributed by atoms with Gasteiger partial charge in [-0.2, -0.15) is 0 Å². The number of imidazole rings is 1. The quantitative estimate of drug-likeness (QED) is 0.602. The molecule has 1 N–H and O–H groups in total. The van der Waals surface area contributed by atoms with Crippen LogP contribution in [0.4, 0.5) is 9.52 Å². The number of aryl methyl sites for hydroxylation is 1. The Kier molecular flexibility index (Phi) is 3.36. The highest BCUT2D eigenvalue weighted by Gasteiger charge is 2.34. The zero-order valence-electron chi connectivity index (χ0n) is 14.0. The number of rotatable bonds is 3. The van der Waals surface area contributed by atoms with Gasteiger partial charge < -0.3 is 5.32 Å². The fourth-order valence-corrected chi connectivity index (χ4v) is 4.51. The van der Waals surface area contributed by atoms with Gasteiger partial charge in [-0.05, 0) is 25.0 Å². The second-order valence-corrected chi connectivity index (χ2v) is 7.69. The lowest BCUT2D eigenvalue weighted by molar-refractivity contribution is 0.280. The van der Waals surface area contributed by atoms with Crippen LogP contribution in [0.2, 0.25) is 0 Å². The predicted octanol–water partition coefficient (Wildman–Crippen LogP) is 3.30. The van der Waals surface area contributed by atoms with Crippen LogP contribution in [0.25, 0.3) is 21.4 Å². The number of nitrogens with one attached hydrogen (secondary N) is 1. The van der Waals surface area contributed by atoms with Crippen molar-refractivity contribution in [2.24, 2.45) is 7.05 Å². The fraction of sp³-hybridized carbons (Fsp3) is 0.278. The molecule has 3 heterocycles. The first-order valence-electron chi connectivity index (χ1n) is 8.45. The average molecular weight is 369 g/mol. The molecule has 0 aliphatic heterocycles. The van der Waals surface area contributed by atoms with Crippen LogP contribution < -0.4 is 11.0 Å². The van der Waals surface area contributed by atoms with Gasteiger partial charge in [0, 0.05) is 25.2 Å². The second-order valence-electron chi connectivity index (χ2n) is 6.66. The maximum Gasteiger partial charge on any atom is 0.330 e. The van der Waals surface area contributed by atoms with Gasteiger partial charge in [-0.25, -0.2) is 19.2 Å². The third kappa shape index (κ3) is 2.33. The SMILES string of the molecule is Cn1c(=O)n([C@H]2C[C@H](Nc3nc4ccccc4s3)C2)c2ncc(F)cc21. The van der Waals surface area contributed by atoms with Crippen molar-refractivity contribution in [3.8, 4) is 0 Å². The molecular weight excluding hydrogens is 353 g/mol. The molecule has 0 radical (unpaired) electrons. The van der Waals surface area contributed by atoms with E-state index in [0.717, 1.165) is 34.4 Å².